The average Bonchev–Trinajstić information content (AvgIpc) is 2.51. The number of ketones is 1. The number of ether oxygens (including phenoxy) is 2. The molecular formula is C16H24O6. The van der Waals surface area contributed by atoms with Gasteiger partial charge in [0.1, 0.15) is 12.2 Å². The van der Waals surface area contributed by atoms with E-state index in [2.05, 4.69) is 0 Å². The molecule has 7 unspecified atom stereocenters. The number of Topliss-reactive ketones (excluding diaryl/α,β-unsaturated/α-hetero) is 1. The summed E-state index contributed by atoms with van der Waals surface area (Å²) in [5.74, 6) is -0.662. The summed E-state index contributed by atoms with van der Waals surface area (Å²) in [6.45, 7) is 0. The van der Waals surface area contributed by atoms with Crippen molar-refractivity contribution in [3.05, 3.63) is 11.8 Å². The average molecular weight is 312 g/mol. The van der Waals surface area contributed by atoms with Crippen molar-refractivity contribution in [2.75, 3.05) is 7.11 Å². The van der Waals surface area contributed by atoms with Crippen LogP contribution in [0.5, 0.6) is 0 Å². The molecular weight excluding hydrogens is 288 g/mol. The third-order valence-corrected chi connectivity index (χ3v) is 5.36. The van der Waals surface area contributed by atoms with Gasteiger partial charge in [-0.3, -0.25) is 4.79 Å². The molecule has 2 fully saturated rings. The SMILES string of the molecule is COC1CCC(C2=COC3CC(O)CCC3C2=O)C(O)C1O. The zero-order chi connectivity index (χ0) is 15.9. The highest BCUT2D eigenvalue weighted by atomic mass is 16.5. The second kappa shape index (κ2) is 6.28. The Labute approximate surface area is 129 Å². The van der Waals surface area contributed by atoms with E-state index in [9.17, 15) is 20.1 Å². The van der Waals surface area contributed by atoms with Crippen molar-refractivity contribution in [3.63, 3.8) is 0 Å². The van der Waals surface area contributed by atoms with Crippen LogP contribution in [0.4, 0.5) is 0 Å². The zero-order valence-electron chi connectivity index (χ0n) is 12.7. The maximum Gasteiger partial charge on any atom is 0.169 e. The Kier molecular flexibility index (Phi) is 4.54. The second-order valence-corrected chi connectivity index (χ2v) is 6.62. The normalized spacial score (nSPS) is 45.7. The fourth-order valence-electron chi connectivity index (χ4n) is 4.00. The molecule has 0 aromatic rings. The molecule has 2 aliphatic carbocycles. The summed E-state index contributed by atoms with van der Waals surface area (Å²) >= 11 is 0. The van der Waals surface area contributed by atoms with Crippen LogP contribution >= 0.6 is 0 Å². The van der Waals surface area contributed by atoms with Gasteiger partial charge in [0.15, 0.2) is 5.78 Å². The molecule has 6 nitrogen and oxygen atoms in total. The summed E-state index contributed by atoms with van der Waals surface area (Å²) in [7, 11) is 1.51. The molecule has 7 atom stereocenters. The van der Waals surface area contributed by atoms with E-state index in [1.54, 1.807) is 0 Å². The van der Waals surface area contributed by atoms with E-state index < -0.39 is 30.3 Å². The highest BCUT2D eigenvalue weighted by Crippen LogP contribution is 2.39. The van der Waals surface area contributed by atoms with Gasteiger partial charge in [-0.05, 0) is 25.7 Å². The number of hydrogen-bond acceptors (Lipinski definition) is 6. The van der Waals surface area contributed by atoms with Crippen molar-refractivity contribution in [3.8, 4) is 0 Å². The van der Waals surface area contributed by atoms with Gasteiger partial charge < -0.3 is 24.8 Å². The highest BCUT2D eigenvalue weighted by molar-refractivity contribution is 5.98. The van der Waals surface area contributed by atoms with E-state index in [0.717, 1.165) is 0 Å². The van der Waals surface area contributed by atoms with Crippen LogP contribution in [0.15, 0.2) is 11.8 Å². The minimum atomic E-state index is -1.02. The Morgan fingerprint density at radius 1 is 1.09 bits per heavy atom. The molecule has 0 spiro atoms. The van der Waals surface area contributed by atoms with Gasteiger partial charge in [0.2, 0.25) is 0 Å². The number of fused-ring (bicyclic) bond motifs is 1. The fourth-order valence-corrected chi connectivity index (χ4v) is 4.00. The summed E-state index contributed by atoms with van der Waals surface area (Å²) in [5.41, 5.74) is 0.471. The fraction of sp³-hybridized carbons (Fsp3) is 0.812. The first kappa shape index (κ1) is 15.9. The van der Waals surface area contributed by atoms with Crippen LogP contribution in [-0.2, 0) is 14.3 Å². The van der Waals surface area contributed by atoms with Gasteiger partial charge in [-0.25, -0.2) is 0 Å². The Morgan fingerprint density at radius 3 is 2.55 bits per heavy atom. The van der Waals surface area contributed by atoms with Gasteiger partial charge in [-0.2, -0.15) is 0 Å². The lowest BCUT2D eigenvalue weighted by atomic mass is 9.72. The summed E-state index contributed by atoms with van der Waals surface area (Å²) in [5, 5.41) is 30.1. The van der Waals surface area contributed by atoms with E-state index in [-0.39, 0.29) is 17.8 Å². The molecule has 124 valence electrons. The summed E-state index contributed by atoms with van der Waals surface area (Å²) in [4.78, 5) is 12.7. The van der Waals surface area contributed by atoms with Gasteiger partial charge in [0.25, 0.3) is 0 Å². The van der Waals surface area contributed by atoms with Crippen molar-refractivity contribution >= 4 is 5.78 Å². The molecule has 2 saturated carbocycles. The molecule has 0 radical (unpaired) electrons. The van der Waals surface area contributed by atoms with Crippen LogP contribution in [0, 0.1) is 11.8 Å². The smallest absolute Gasteiger partial charge is 0.169 e. The Morgan fingerprint density at radius 2 is 1.82 bits per heavy atom. The molecule has 0 aromatic heterocycles. The predicted octanol–water partition coefficient (Wildman–Crippen LogP) is 0.146. The molecule has 3 aliphatic rings. The van der Waals surface area contributed by atoms with E-state index in [0.29, 0.717) is 37.7 Å². The van der Waals surface area contributed by atoms with Crippen LogP contribution in [0.3, 0.4) is 0 Å². The van der Waals surface area contributed by atoms with E-state index in [1.165, 1.54) is 13.4 Å². The van der Waals surface area contributed by atoms with Crippen molar-refractivity contribution in [2.24, 2.45) is 11.8 Å². The lowest BCUT2D eigenvalue weighted by molar-refractivity contribution is -0.137. The zero-order valence-corrected chi connectivity index (χ0v) is 12.7. The van der Waals surface area contributed by atoms with E-state index in [4.69, 9.17) is 9.47 Å². The van der Waals surface area contributed by atoms with Gasteiger partial charge in [-0.1, -0.05) is 0 Å². The maximum atomic E-state index is 12.7. The molecule has 3 N–H and O–H groups in total. The number of rotatable bonds is 2. The Hall–Kier alpha value is -0.950. The number of aliphatic hydroxyl groups excluding tert-OH is 3. The van der Waals surface area contributed by atoms with Crippen molar-refractivity contribution in [2.45, 2.75) is 62.6 Å². The molecule has 0 bridgehead atoms. The second-order valence-electron chi connectivity index (χ2n) is 6.62. The summed E-state index contributed by atoms with van der Waals surface area (Å²) in [6, 6.07) is 0. The highest BCUT2D eigenvalue weighted by Gasteiger charge is 2.46. The van der Waals surface area contributed by atoms with Crippen molar-refractivity contribution < 1.29 is 29.6 Å². The topological polar surface area (TPSA) is 96.2 Å². The van der Waals surface area contributed by atoms with E-state index in [1.807, 2.05) is 0 Å². The van der Waals surface area contributed by atoms with Crippen LogP contribution in [0.2, 0.25) is 0 Å². The molecule has 0 amide bonds. The molecule has 3 rings (SSSR count). The molecule has 0 saturated heterocycles. The van der Waals surface area contributed by atoms with Crippen LogP contribution in [-0.4, -0.2) is 58.7 Å². The minimum absolute atomic E-state index is 0.00438. The first-order valence-electron chi connectivity index (χ1n) is 7.99. The first-order chi connectivity index (χ1) is 10.5. The largest absolute Gasteiger partial charge is 0.497 e. The van der Waals surface area contributed by atoms with E-state index >= 15 is 0 Å². The number of methoxy groups -OCH3 is 1. The van der Waals surface area contributed by atoms with Gasteiger partial charge in [0, 0.05) is 25.0 Å². The lowest BCUT2D eigenvalue weighted by Crippen LogP contribution is -2.50. The minimum Gasteiger partial charge on any atom is -0.497 e. The van der Waals surface area contributed by atoms with Crippen LogP contribution in [0.25, 0.3) is 0 Å². The molecule has 0 aromatic carbocycles. The van der Waals surface area contributed by atoms with Crippen molar-refractivity contribution in [1.82, 2.24) is 0 Å². The summed E-state index contributed by atoms with van der Waals surface area (Å²) < 4.78 is 10.8. The number of carbonyl (C=O) groups is 1. The number of hydrogen-bond donors (Lipinski definition) is 3. The summed E-state index contributed by atoms with van der Waals surface area (Å²) in [6.07, 6.45) is 1.20. The maximum absolute atomic E-state index is 12.7. The molecule has 1 heterocycles. The third kappa shape index (κ3) is 2.69. The lowest BCUT2D eigenvalue weighted by Gasteiger charge is -2.41. The monoisotopic (exact) mass is 312 g/mol. The third-order valence-electron chi connectivity index (χ3n) is 5.36. The molecule has 22 heavy (non-hydrogen) atoms. The number of carbonyl (C=O) groups excluding carboxylic acids is 1. The molecule has 6 heteroatoms. The van der Waals surface area contributed by atoms with Crippen LogP contribution < -0.4 is 0 Å². The predicted molar refractivity (Wildman–Crippen MR) is 76.8 cm³/mol. The Balaban J connectivity index is 1.76. The number of aliphatic hydroxyl groups is 3. The van der Waals surface area contributed by atoms with Gasteiger partial charge in [0.05, 0.1) is 30.5 Å². The quantitative estimate of drug-likeness (QED) is 0.671. The van der Waals surface area contributed by atoms with Gasteiger partial charge >= 0.3 is 0 Å². The Bertz CT molecular complexity index is 462. The van der Waals surface area contributed by atoms with Crippen molar-refractivity contribution in [1.29, 1.82) is 0 Å². The first-order valence-corrected chi connectivity index (χ1v) is 7.99. The van der Waals surface area contributed by atoms with Crippen LogP contribution in [0.1, 0.15) is 32.1 Å². The standard InChI is InChI=1S/C16H24O6/c1-21-12-5-4-9(15(19)16(12)20)11-7-22-13-6-8(17)2-3-10(13)14(11)18/h7-10,12-13,15-17,19-20H,2-6H2,1H3. The molecule has 1 aliphatic heterocycles. The van der Waals surface area contributed by atoms with Gasteiger partial charge in [-0.15, -0.1) is 0 Å².